The molecule has 1 aliphatic heterocycles. The number of aliphatic carboxylic acids is 1. The van der Waals surface area contributed by atoms with Crippen LogP contribution in [0.3, 0.4) is 0 Å². The molecule has 1 fully saturated rings. The molecule has 2 N–H and O–H groups in total. The van der Waals surface area contributed by atoms with Gasteiger partial charge in [0.15, 0.2) is 0 Å². The molecule has 1 aromatic heterocycles. The average Bonchev–Trinajstić information content (AvgIpc) is 3.25. The molecule has 3 amide bonds. The van der Waals surface area contributed by atoms with Gasteiger partial charge in [-0.1, -0.05) is 17.3 Å². The van der Waals surface area contributed by atoms with E-state index in [1.807, 2.05) is 12.1 Å². The fraction of sp³-hybridized carbons (Fsp3) is 0.520. The number of carboxylic acids is 1. The summed E-state index contributed by atoms with van der Waals surface area (Å²) in [6.45, 7) is 3.51. The van der Waals surface area contributed by atoms with Gasteiger partial charge in [0, 0.05) is 42.9 Å². The second-order valence-electron chi connectivity index (χ2n) is 9.71. The lowest BCUT2D eigenvalue weighted by molar-refractivity contribution is -0.141. The van der Waals surface area contributed by atoms with Crippen LogP contribution in [0.4, 0.5) is 4.79 Å². The van der Waals surface area contributed by atoms with Gasteiger partial charge in [0.1, 0.15) is 16.9 Å². The van der Waals surface area contributed by atoms with E-state index >= 15 is 0 Å². The Kier molecular flexibility index (Phi) is 6.38. The molecule has 34 heavy (non-hydrogen) atoms. The fourth-order valence-electron chi connectivity index (χ4n) is 4.88. The number of carbonyl (C=O) groups excluding carboxylic acids is 2. The maximum atomic E-state index is 12.5. The number of benzene rings is 1. The Hall–Kier alpha value is -3.36. The van der Waals surface area contributed by atoms with Crippen molar-refractivity contribution in [3.8, 4) is 0 Å². The number of aryl methyl sites for hydroxylation is 2. The summed E-state index contributed by atoms with van der Waals surface area (Å²) in [5.41, 5.74) is 1.91. The number of hydrogen-bond acceptors (Lipinski definition) is 6. The summed E-state index contributed by atoms with van der Waals surface area (Å²) >= 11 is 0. The molecule has 2 aromatic rings. The van der Waals surface area contributed by atoms with E-state index in [9.17, 15) is 24.7 Å². The molecule has 2 aliphatic rings. The van der Waals surface area contributed by atoms with Crippen LogP contribution in [0.5, 0.6) is 0 Å². The molecule has 1 aromatic carbocycles. The van der Waals surface area contributed by atoms with Gasteiger partial charge in [-0.05, 0) is 52.0 Å². The molecule has 1 atom stereocenters. The lowest BCUT2D eigenvalue weighted by Gasteiger charge is -2.22. The molecule has 0 saturated carbocycles. The summed E-state index contributed by atoms with van der Waals surface area (Å²) in [7, 11) is 1.58. The first-order valence-electron chi connectivity index (χ1n) is 11.7. The van der Waals surface area contributed by atoms with Gasteiger partial charge in [0.05, 0.1) is 11.6 Å². The van der Waals surface area contributed by atoms with Crippen LogP contribution in [0.1, 0.15) is 62.8 Å². The molecule has 1 unspecified atom stereocenters. The lowest BCUT2D eigenvalue weighted by Crippen LogP contribution is -2.41. The maximum Gasteiger partial charge on any atom is 0.327 e. The molecule has 1 aliphatic carbocycles. The topological polar surface area (TPSA) is 124 Å². The number of fused-ring (bicyclic) bond motifs is 3. The number of furan rings is 1. The Morgan fingerprint density at radius 2 is 1.97 bits per heavy atom. The predicted octanol–water partition coefficient (Wildman–Crippen LogP) is 4.03. The molecule has 1 saturated heterocycles. The molecule has 182 valence electrons. The first kappa shape index (κ1) is 23.8. The van der Waals surface area contributed by atoms with E-state index in [0.717, 1.165) is 42.4 Å². The Labute approximate surface area is 198 Å². The van der Waals surface area contributed by atoms with E-state index in [-0.39, 0.29) is 37.0 Å². The fourth-order valence-corrected chi connectivity index (χ4v) is 4.88. The van der Waals surface area contributed by atoms with Gasteiger partial charge in [-0.2, -0.15) is 0 Å². The quantitative estimate of drug-likeness (QED) is 0.260. The van der Waals surface area contributed by atoms with E-state index in [1.165, 1.54) is 15.4 Å². The van der Waals surface area contributed by atoms with E-state index < -0.39 is 17.4 Å². The molecule has 9 nitrogen and oxygen atoms in total. The average molecular weight is 470 g/mol. The number of nitrogens with zero attached hydrogens (tertiary/aromatic N) is 3. The van der Waals surface area contributed by atoms with Gasteiger partial charge < -0.3 is 19.6 Å². The third-order valence-electron chi connectivity index (χ3n) is 7.26. The van der Waals surface area contributed by atoms with E-state index in [2.05, 4.69) is 5.16 Å². The number of urea groups is 1. The summed E-state index contributed by atoms with van der Waals surface area (Å²) < 4.78 is 6.02. The first-order valence-corrected chi connectivity index (χ1v) is 11.7. The minimum atomic E-state index is -1.02. The van der Waals surface area contributed by atoms with Crippen LogP contribution >= 0.6 is 0 Å². The van der Waals surface area contributed by atoms with E-state index in [4.69, 9.17) is 4.42 Å². The van der Waals surface area contributed by atoms with Gasteiger partial charge >= 0.3 is 12.0 Å². The standard InChI is InChI=1S/C25H31N3O6/c1-25(2)23(31)28(24(32)27(25)3)12-6-7-16(22(29)30)13-19(26-33)15-10-11-18-17-8-4-5-9-20(17)34-21(18)14-15/h10-11,14,16,33H,4-9,12-13H2,1-3H3,(H,29,30)/b26-19-. The van der Waals surface area contributed by atoms with Crippen LogP contribution < -0.4 is 0 Å². The zero-order valence-corrected chi connectivity index (χ0v) is 19.8. The van der Waals surface area contributed by atoms with Gasteiger partial charge in [0.25, 0.3) is 5.91 Å². The Balaban J connectivity index is 1.44. The number of oxime groups is 1. The molecular formula is C25H31N3O6. The summed E-state index contributed by atoms with van der Waals surface area (Å²) in [5.74, 6) is -1.14. The van der Waals surface area contributed by atoms with Crippen LogP contribution in [0.2, 0.25) is 0 Å². The van der Waals surface area contributed by atoms with Crippen molar-refractivity contribution in [1.82, 2.24) is 9.80 Å². The second-order valence-corrected chi connectivity index (χ2v) is 9.71. The van der Waals surface area contributed by atoms with Crippen LogP contribution in [0.15, 0.2) is 27.8 Å². The second kappa shape index (κ2) is 9.12. The largest absolute Gasteiger partial charge is 0.481 e. The highest BCUT2D eigenvalue weighted by atomic mass is 16.4. The minimum Gasteiger partial charge on any atom is -0.481 e. The molecular weight excluding hydrogens is 438 g/mol. The number of imide groups is 1. The first-order chi connectivity index (χ1) is 16.1. The van der Waals surface area contributed by atoms with Crippen LogP contribution in [0.25, 0.3) is 11.0 Å². The molecule has 2 heterocycles. The van der Waals surface area contributed by atoms with Crippen LogP contribution in [-0.4, -0.2) is 62.9 Å². The minimum absolute atomic E-state index is 0.0189. The third kappa shape index (κ3) is 4.15. The molecule has 4 rings (SSSR count). The third-order valence-corrected chi connectivity index (χ3v) is 7.26. The van der Waals surface area contributed by atoms with Crippen LogP contribution in [-0.2, 0) is 22.4 Å². The maximum absolute atomic E-state index is 12.5. The van der Waals surface area contributed by atoms with Gasteiger partial charge in [-0.15, -0.1) is 0 Å². The van der Waals surface area contributed by atoms with Gasteiger partial charge in [-0.3, -0.25) is 14.5 Å². The van der Waals surface area contributed by atoms with Crippen molar-refractivity contribution in [3.05, 3.63) is 35.1 Å². The zero-order valence-electron chi connectivity index (χ0n) is 19.8. The highest BCUT2D eigenvalue weighted by Crippen LogP contribution is 2.33. The Morgan fingerprint density at radius 1 is 1.24 bits per heavy atom. The number of rotatable bonds is 8. The van der Waals surface area contributed by atoms with E-state index in [0.29, 0.717) is 12.0 Å². The highest BCUT2D eigenvalue weighted by molar-refractivity contribution is 6.06. The van der Waals surface area contributed by atoms with Crippen molar-refractivity contribution in [1.29, 1.82) is 0 Å². The van der Waals surface area contributed by atoms with Crippen molar-refractivity contribution in [2.45, 2.75) is 64.3 Å². The summed E-state index contributed by atoms with van der Waals surface area (Å²) in [6, 6.07) is 5.21. The molecule has 0 radical (unpaired) electrons. The van der Waals surface area contributed by atoms with Crippen molar-refractivity contribution in [2.24, 2.45) is 11.1 Å². The van der Waals surface area contributed by atoms with E-state index in [1.54, 1.807) is 27.0 Å². The van der Waals surface area contributed by atoms with Crippen molar-refractivity contribution >= 4 is 34.6 Å². The number of hydrogen-bond donors (Lipinski definition) is 2. The SMILES string of the molecule is CN1C(=O)N(CCCC(C/C(=N/O)c2ccc3c4c(oc3c2)CCCC4)C(=O)O)C(=O)C1(C)C. The lowest BCUT2D eigenvalue weighted by atomic mass is 9.92. The molecule has 0 bridgehead atoms. The number of likely N-dealkylation sites (N-methyl/N-ethyl adjacent to an activating group) is 1. The van der Waals surface area contributed by atoms with Crippen molar-refractivity contribution < 1.29 is 29.1 Å². The predicted molar refractivity (Wildman–Crippen MR) is 125 cm³/mol. The van der Waals surface area contributed by atoms with Gasteiger partial charge in [-0.25, -0.2) is 4.79 Å². The van der Waals surface area contributed by atoms with Gasteiger partial charge in [0.2, 0.25) is 0 Å². The Bertz CT molecular complexity index is 1160. The van der Waals surface area contributed by atoms with Crippen molar-refractivity contribution in [2.75, 3.05) is 13.6 Å². The van der Waals surface area contributed by atoms with Crippen LogP contribution in [0, 0.1) is 5.92 Å². The summed E-state index contributed by atoms with van der Waals surface area (Å²) in [5, 5.41) is 23.9. The highest BCUT2D eigenvalue weighted by Gasteiger charge is 2.48. The smallest absolute Gasteiger partial charge is 0.327 e. The molecule has 9 heteroatoms. The monoisotopic (exact) mass is 469 g/mol. The number of amides is 3. The normalized spacial score (nSPS) is 19.1. The van der Waals surface area contributed by atoms with Crippen molar-refractivity contribution in [3.63, 3.8) is 0 Å². The zero-order chi connectivity index (χ0) is 24.6. The number of carbonyl (C=O) groups is 3. The summed E-state index contributed by atoms with van der Waals surface area (Å²) in [4.78, 5) is 39.4. The molecule has 0 spiro atoms. The summed E-state index contributed by atoms with van der Waals surface area (Å²) in [6.07, 6.45) is 4.72. The Morgan fingerprint density at radius 3 is 2.62 bits per heavy atom. The number of carboxylic acid groups (broad SMARTS) is 1.